The van der Waals surface area contributed by atoms with E-state index in [1.165, 1.54) is 18.0 Å². The summed E-state index contributed by atoms with van der Waals surface area (Å²) in [6.07, 6.45) is 1.47. The molecule has 0 saturated carbocycles. The lowest BCUT2D eigenvalue weighted by Crippen LogP contribution is -2.02. The Morgan fingerprint density at radius 1 is 1.29 bits per heavy atom. The van der Waals surface area contributed by atoms with Crippen LogP contribution in [0.15, 0.2) is 52.7 Å². The molecule has 1 aliphatic heterocycles. The maximum Gasteiger partial charge on any atom is 0.240 e. The van der Waals surface area contributed by atoms with Crippen molar-refractivity contribution in [3.63, 3.8) is 0 Å². The molecule has 0 amide bonds. The summed E-state index contributed by atoms with van der Waals surface area (Å²) in [5.41, 5.74) is 3.80. The number of phenols is 1. The Morgan fingerprint density at radius 2 is 2.14 bits per heavy atom. The number of ether oxygens (including phenoxy) is 2. The smallest absolute Gasteiger partial charge is 0.240 e. The van der Waals surface area contributed by atoms with E-state index in [2.05, 4.69) is 25.7 Å². The zero-order valence-corrected chi connectivity index (χ0v) is 15.3. The van der Waals surface area contributed by atoms with E-state index < -0.39 is 0 Å². The molecular formula is C18H15N5O4S. The number of Topliss-reactive ketones (excluding diaryl/α,β-unsaturated/α-hetero) is 1. The predicted octanol–water partition coefficient (Wildman–Crippen LogP) is 2.66. The van der Waals surface area contributed by atoms with Crippen molar-refractivity contribution in [3.05, 3.63) is 53.6 Å². The highest BCUT2D eigenvalue weighted by atomic mass is 32.2. The number of aromatic nitrogens is 3. The number of thioether (sulfide) groups is 1. The van der Waals surface area contributed by atoms with Crippen LogP contribution in [-0.2, 0) is 0 Å². The summed E-state index contributed by atoms with van der Waals surface area (Å²) in [7, 11) is 0. The number of anilines is 1. The molecule has 0 saturated heterocycles. The quantitative estimate of drug-likeness (QED) is 0.241. The lowest BCUT2D eigenvalue weighted by Gasteiger charge is -2.01. The molecular weight excluding hydrogens is 382 g/mol. The van der Waals surface area contributed by atoms with Crippen molar-refractivity contribution < 1.29 is 19.4 Å². The molecule has 2 aromatic carbocycles. The number of aromatic hydroxyl groups is 1. The van der Waals surface area contributed by atoms with E-state index in [0.29, 0.717) is 33.7 Å². The number of carbonyl (C=O) groups excluding carboxylic acids is 1. The molecule has 2 heterocycles. The first-order chi connectivity index (χ1) is 13.7. The molecule has 0 unspecified atom stereocenters. The van der Waals surface area contributed by atoms with Gasteiger partial charge >= 0.3 is 0 Å². The number of phenolic OH excluding ortho intramolecular Hbond substituents is 1. The Morgan fingerprint density at radius 3 is 3.04 bits per heavy atom. The minimum atomic E-state index is -0.0693. The Kier molecular flexibility index (Phi) is 5.11. The lowest BCUT2D eigenvalue weighted by atomic mass is 10.1. The normalized spacial score (nSPS) is 12.4. The molecule has 3 aromatic rings. The van der Waals surface area contributed by atoms with E-state index >= 15 is 0 Å². The molecule has 0 spiro atoms. The number of nitrogens with zero attached hydrogens (tertiary/aromatic N) is 3. The second-order valence-electron chi connectivity index (χ2n) is 5.68. The van der Waals surface area contributed by atoms with Crippen molar-refractivity contribution >= 4 is 29.7 Å². The van der Waals surface area contributed by atoms with Crippen LogP contribution in [0.25, 0.3) is 0 Å². The number of aromatic amines is 1. The molecule has 10 heteroatoms. The number of hydrogen-bond donors (Lipinski definition) is 3. The first-order valence-electron chi connectivity index (χ1n) is 8.24. The van der Waals surface area contributed by atoms with Crippen LogP contribution in [-0.4, -0.2) is 44.8 Å². The van der Waals surface area contributed by atoms with E-state index in [1.54, 1.807) is 42.5 Å². The zero-order valence-electron chi connectivity index (χ0n) is 14.5. The molecule has 0 atom stereocenters. The number of benzene rings is 2. The summed E-state index contributed by atoms with van der Waals surface area (Å²) in [5, 5.41) is 20.8. The molecule has 142 valence electrons. The Balaban J connectivity index is 1.31. The number of carbonyl (C=O) groups is 1. The van der Waals surface area contributed by atoms with Crippen LogP contribution >= 0.6 is 11.8 Å². The van der Waals surface area contributed by atoms with Crippen LogP contribution in [0.1, 0.15) is 15.9 Å². The molecule has 9 nitrogen and oxygen atoms in total. The molecule has 0 bridgehead atoms. The van der Waals surface area contributed by atoms with Gasteiger partial charge in [0.1, 0.15) is 5.75 Å². The second-order valence-corrected chi connectivity index (χ2v) is 6.62. The van der Waals surface area contributed by atoms with Gasteiger partial charge in [0.05, 0.1) is 12.0 Å². The van der Waals surface area contributed by atoms with Crippen LogP contribution < -0.4 is 14.9 Å². The van der Waals surface area contributed by atoms with Gasteiger partial charge in [-0.1, -0.05) is 23.9 Å². The average Bonchev–Trinajstić information content (AvgIpc) is 3.36. The van der Waals surface area contributed by atoms with Gasteiger partial charge in [0.15, 0.2) is 17.3 Å². The van der Waals surface area contributed by atoms with Crippen LogP contribution in [0.2, 0.25) is 0 Å². The molecule has 3 N–H and O–H groups in total. The van der Waals surface area contributed by atoms with Crippen LogP contribution in [0.5, 0.6) is 17.2 Å². The number of rotatable bonds is 7. The summed E-state index contributed by atoms with van der Waals surface area (Å²) in [6, 6.07) is 11.9. The van der Waals surface area contributed by atoms with Crippen LogP contribution in [0.3, 0.4) is 0 Å². The van der Waals surface area contributed by atoms with Gasteiger partial charge in [-0.15, -0.1) is 5.10 Å². The zero-order chi connectivity index (χ0) is 19.3. The maximum absolute atomic E-state index is 12.3. The fraction of sp³-hybridized carbons (Fsp3) is 0.111. The van der Waals surface area contributed by atoms with Crippen molar-refractivity contribution in [2.45, 2.75) is 5.16 Å². The van der Waals surface area contributed by atoms with E-state index in [-0.39, 0.29) is 24.1 Å². The third-order valence-electron chi connectivity index (χ3n) is 3.80. The number of fused-ring (bicyclic) bond motifs is 1. The largest absolute Gasteiger partial charge is 0.507 e. The van der Waals surface area contributed by atoms with Crippen molar-refractivity contribution in [1.29, 1.82) is 0 Å². The third kappa shape index (κ3) is 4.07. The van der Waals surface area contributed by atoms with E-state index in [1.807, 2.05) is 0 Å². The molecule has 0 radical (unpaired) electrons. The Bertz CT molecular complexity index is 1040. The number of hydrazone groups is 1. The van der Waals surface area contributed by atoms with Gasteiger partial charge in [-0.2, -0.15) is 10.1 Å². The number of ketones is 1. The van der Waals surface area contributed by atoms with Gasteiger partial charge in [-0.05, 0) is 30.3 Å². The minimum absolute atomic E-state index is 0.0693. The number of nitrogens with one attached hydrogen (secondary N) is 2. The summed E-state index contributed by atoms with van der Waals surface area (Å²) < 4.78 is 10.5. The SMILES string of the molecule is O=C(CSc1n[nH]c(N/N=C/c2ccccc2O)n1)c1ccc2c(c1)OCO2. The van der Waals surface area contributed by atoms with Gasteiger partial charge in [0.2, 0.25) is 17.9 Å². The number of para-hydroxylation sites is 1. The van der Waals surface area contributed by atoms with Crippen molar-refractivity contribution in [3.8, 4) is 17.2 Å². The maximum atomic E-state index is 12.3. The van der Waals surface area contributed by atoms with E-state index in [0.717, 1.165) is 0 Å². The number of H-pyrrole nitrogens is 1. The van der Waals surface area contributed by atoms with Crippen LogP contribution in [0, 0.1) is 0 Å². The van der Waals surface area contributed by atoms with Gasteiger partial charge in [0, 0.05) is 11.1 Å². The Labute approximate surface area is 163 Å². The fourth-order valence-corrected chi connectivity index (χ4v) is 3.10. The summed E-state index contributed by atoms with van der Waals surface area (Å²) in [4.78, 5) is 16.5. The third-order valence-corrected chi connectivity index (χ3v) is 4.65. The van der Waals surface area contributed by atoms with Gasteiger partial charge < -0.3 is 14.6 Å². The van der Waals surface area contributed by atoms with E-state index in [9.17, 15) is 9.90 Å². The molecule has 1 aliphatic rings. The van der Waals surface area contributed by atoms with E-state index in [4.69, 9.17) is 9.47 Å². The fourth-order valence-electron chi connectivity index (χ4n) is 2.40. The summed E-state index contributed by atoms with van der Waals surface area (Å²) >= 11 is 1.20. The second kappa shape index (κ2) is 8.01. The minimum Gasteiger partial charge on any atom is -0.507 e. The highest BCUT2D eigenvalue weighted by Crippen LogP contribution is 2.33. The van der Waals surface area contributed by atoms with Gasteiger partial charge in [-0.25, -0.2) is 10.5 Å². The molecule has 0 aliphatic carbocycles. The Hall–Kier alpha value is -3.53. The average molecular weight is 397 g/mol. The van der Waals surface area contributed by atoms with Gasteiger partial charge in [0.25, 0.3) is 0 Å². The van der Waals surface area contributed by atoms with Crippen molar-refractivity contribution in [2.24, 2.45) is 5.10 Å². The summed E-state index contributed by atoms with van der Waals surface area (Å²) in [6.45, 7) is 0.168. The first kappa shape index (κ1) is 17.9. The first-order valence-corrected chi connectivity index (χ1v) is 9.23. The summed E-state index contributed by atoms with van der Waals surface area (Å²) in [5.74, 6) is 1.77. The topological polar surface area (TPSA) is 122 Å². The highest BCUT2D eigenvalue weighted by Gasteiger charge is 2.17. The number of hydrogen-bond acceptors (Lipinski definition) is 9. The lowest BCUT2D eigenvalue weighted by molar-refractivity contribution is 0.102. The monoisotopic (exact) mass is 397 g/mol. The van der Waals surface area contributed by atoms with Gasteiger partial charge in [-0.3, -0.25) is 4.79 Å². The van der Waals surface area contributed by atoms with Crippen LogP contribution in [0.4, 0.5) is 5.95 Å². The standard InChI is InChI=1S/C18H15N5O4S/c24-13-4-2-1-3-12(13)8-19-21-17-20-18(23-22-17)28-9-14(25)11-5-6-15-16(7-11)27-10-26-15/h1-8,24H,9-10H2,(H2,20,21,22,23)/b19-8+. The van der Waals surface area contributed by atoms with Crippen molar-refractivity contribution in [2.75, 3.05) is 18.0 Å². The molecule has 1 aromatic heterocycles. The predicted molar refractivity (Wildman–Crippen MR) is 103 cm³/mol. The molecule has 4 rings (SSSR count). The molecule has 28 heavy (non-hydrogen) atoms. The molecule has 0 fully saturated rings. The highest BCUT2D eigenvalue weighted by molar-refractivity contribution is 7.99. The van der Waals surface area contributed by atoms with Crippen molar-refractivity contribution in [1.82, 2.24) is 15.2 Å².